The molecule has 152 valence electrons. The molecule has 3 N–H and O–H groups in total. The van der Waals surface area contributed by atoms with Gasteiger partial charge in [-0.15, -0.1) is 0 Å². The van der Waals surface area contributed by atoms with Crippen molar-refractivity contribution in [3.63, 3.8) is 0 Å². The number of amides is 2. The standard InChI is InChI=1S/C21H29N3O4/c1-13(2)9-14(11-19(25)28-4)20(26)24-18(21(27)22-3)10-15-12-23-17-8-6-5-7-16(15)17/h5-8,12-14,18,23H,9-11H2,1-4H3,(H,22,27)(H,24,26)/t14-,18-/m0/s1. The van der Waals surface area contributed by atoms with Crippen LogP contribution in [0.4, 0.5) is 0 Å². The number of carbonyl (C=O) groups is 3. The normalized spacial score (nSPS) is 13.2. The van der Waals surface area contributed by atoms with E-state index in [9.17, 15) is 14.4 Å². The molecule has 7 nitrogen and oxygen atoms in total. The second-order valence-corrected chi connectivity index (χ2v) is 7.35. The molecule has 0 bridgehead atoms. The number of esters is 1. The molecule has 0 saturated heterocycles. The smallest absolute Gasteiger partial charge is 0.306 e. The molecule has 2 atom stereocenters. The maximum Gasteiger partial charge on any atom is 0.306 e. The Kier molecular flexibility index (Phi) is 7.61. The molecule has 7 heteroatoms. The Bertz CT molecular complexity index is 828. The van der Waals surface area contributed by atoms with Crippen LogP contribution in [-0.4, -0.2) is 43.0 Å². The highest BCUT2D eigenvalue weighted by atomic mass is 16.5. The summed E-state index contributed by atoms with van der Waals surface area (Å²) in [7, 11) is 2.84. The van der Waals surface area contributed by atoms with Gasteiger partial charge >= 0.3 is 5.97 Å². The van der Waals surface area contributed by atoms with E-state index in [-0.39, 0.29) is 24.2 Å². The fourth-order valence-corrected chi connectivity index (χ4v) is 3.33. The number of aromatic nitrogens is 1. The molecule has 0 aliphatic heterocycles. The highest BCUT2D eigenvalue weighted by molar-refractivity contribution is 5.91. The summed E-state index contributed by atoms with van der Waals surface area (Å²) in [5, 5.41) is 6.45. The quantitative estimate of drug-likeness (QED) is 0.574. The average Bonchev–Trinajstić information content (AvgIpc) is 3.08. The minimum absolute atomic E-state index is 0.00589. The van der Waals surface area contributed by atoms with E-state index in [0.717, 1.165) is 16.5 Å². The van der Waals surface area contributed by atoms with Crippen molar-refractivity contribution in [2.24, 2.45) is 11.8 Å². The molecule has 2 aromatic rings. The highest BCUT2D eigenvalue weighted by Gasteiger charge is 2.28. The Labute approximate surface area is 165 Å². The summed E-state index contributed by atoms with van der Waals surface area (Å²) < 4.78 is 4.72. The minimum Gasteiger partial charge on any atom is -0.469 e. The largest absolute Gasteiger partial charge is 0.469 e. The molecule has 2 amide bonds. The van der Waals surface area contributed by atoms with E-state index in [4.69, 9.17) is 4.74 Å². The van der Waals surface area contributed by atoms with Gasteiger partial charge in [-0.05, 0) is 24.0 Å². The molecule has 0 aliphatic carbocycles. The zero-order valence-corrected chi connectivity index (χ0v) is 16.9. The lowest BCUT2D eigenvalue weighted by Gasteiger charge is -2.22. The van der Waals surface area contributed by atoms with Gasteiger partial charge in [-0.2, -0.15) is 0 Å². The van der Waals surface area contributed by atoms with Crippen molar-refractivity contribution >= 4 is 28.7 Å². The van der Waals surface area contributed by atoms with Crippen molar-refractivity contribution < 1.29 is 19.1 Å². The monoisotopic (exact) mass is 387 g/mol. The van der Waals surface area contributed by atoms with Crippen LogP contribution in [0.5, 0.6) is 0 Å². The van der Waals surface area contributed by atoms with Gasteiger partial charge in [0.2, 0.25) is 11.8 Å². The van der Waals surface area contributed by atoms with Gasteiger partial charge in [0.15, 0.2) is 0 Å². The molecule has 0 radical (unpaired) electrons. The minimum atomic E-state index is -0.732. The second-order valence-electron chi connectivity index (χ2n) is 7.35. The van der Waals surface area contributed by atoms with Gasteiger partial charge in [0, 0.05) is 36.5 Å². The first-order chi connectivity index (χ1) is 13.3. The predicted octanol–water partition coefficient (Wildman–Crippen LogP) is 2.17. The zero-order valence-electron chi connectivity index (χ0n) is 16.9. The van der Waals surface area contributed by atoms with E-state index < -0.39 is 17.9 Å². The lowest BCUT2D eigenvalue weighted by atomic mass is 9.92. The second kappa shape index (κ2) is 9.92. The predicted molar refractivity (Wildman–Crippen MR) is 108 cm³/mol. The number of hydrogen-bond donors (Lipinski definition) is 3. The fraction of sp³-hybridized carbons (Fsp3) is 0.476. The van der Waals surface area contributed by atoms with Crippen LogP contribution < -0.4 is 10.6 Å². The van der Waals surface area contributed by atoms with Crippen molar-refractivity contribution in [1.29, 1.82) is 0 Å². The van der Waals surface area contributed by atoms with E-state index in [2.05, 4.69) is 15.6 Å². The number of aromatic amines is 1. The number of benzene rings is 1. The number of carbonyl (C=O) groups excluding carboxylic acids is 3. The van der Waals surface area contributed by atoms with E-state index in [1.807, 2.05) is 44.3 Å². The maximum absolute atomic E-state index is 12.8. The van der Waals surface area contributed by atoms with Crippen molar-refractivity contribution in [2.45, 2.75) is 39.2 Å². The lowest BCUT2D eigenvalue weighted by Crippen LogP contribution is -2.49. The van der Waals surface area contributed by atoms with Crippen LogP contribution in [-0.2, 0) is 25.5 Å². The number of ether oxygens (including phenoxy) is 1. The third-order valence-electron chi connectivity index (χ3n) is 4.75. The molecule has 2 rings (SSSR count). The van der Waals surface area contributed by atoms with Crippen molar-refractivity contribution in [3.05, 3.63) is 36.0 Å². The highest BCUT2D eigenvalue weighted by Crippen LogP contribution is 2.20. The first kappa shape index (κ1) is 21.5. The molecule has 0 unspecified atom stereocenters. The molecular weight excluding hydrogens is 358 g/mol. The van der Waals surface area contributed by atoms with Crippen molar-refractivity contribution in [2.75, 3.05) is 14.2 Å². The third kappa shape index (κ3) is 5.58. The molecule has 1 aromatic heterocycles. The Hall–Kier alpha value is -2.83. The summed E-state index contributed by atoms with van der Waals surface area (Å²) in [5.41, 5.74) is 1.92. The number of H-pyrrole nitrogens is 1. The van der Waals surface area contributed by atoms with E-state index in [1.54, 1.807) is 0 Å². The van der Waals surface area contributed by atoms with Crippen molar-refractivity contribution in [3.8, 4) is 0 Å². The number of nitrogens with one attached hydrogen (secondary N) is 3. The number of fused-ring (bicyclic) bond motifs is 1. The first-order valence-corrected chi connectivity index (χ1v) is 9.49. The number of rotatable bonds is 9. The van der Waals surface area contributed by atoms with Crippen molar-refractivity contribution in [1.82, 2.24) is 15.6 Å². The van der Waals surface area contributed by atoms with Crippen LogP contribution in [0.15, 0.2) is 30.5 Å². The summed E-state index contributed by atoms with van der Waals surface area (Å²) >= 11 is 0. The van der Waals surface area contributed by atoms with Crippen LogP contribution in [0.3, 0.4) is 0 Å². The van der Waals surface area contributed by atoms with Crippen LogP contribution in [0.25, 0.3) is 10.9 Å². The zero-order chi connectivity index (χ0) is 20.7. The maximum atomic E-state index is 12.8. The van der Waals surface area contributed by atoms with Gasteiger partial charge < -0.3 is 20.4 Å². The number of likely N-dealkylation sites (N-methyl/N-ethyl adjacent to an activating group) is 1. The molecule has 0 aliphatic rings. The van der Waals surface area contributed by atoms with Gasteiger partial charge in [0.1, 0.15) is 6.04 Å². The van der Waals surface area contributed by atoms with Crippen LogP contribution in [0, 0.1) is 11.8 Å². The van der Waals surface area contributed by atoms with Gasteiger partial charge in [-0.25, -0.2) is 0 Å². The third-order valence-corrected chi connectivity index (χ3v) is 4.75. The number of methoxy groups -OCH3 is 1. The van der Waals surface area contributed by atoms with Crippen LogP contribution in [0.2, 0.25) is 0 Å². The molecule has 0 spiro atoms. The Morgan fingerprint density at radius 1 is 1.14 bits per heavy atom. The Morgan fingerprint density at radius 2 is 1.86 bits per heavy atom. The summed E-state index contributed by atoms with van der Waals surface area (Å²) in [6.07, 6.45) is 2.73. The van der Waals surface area contributed by atoms with E-state index >= 15 is 0 Å². The topological polar surface area (TPSA) is 100 Å². The van der Waals surface area contributed by atoms with Gasteiger partial charge in [-0.1, -0.05) is 32.0 Å². The van der Waals surface area contributed by atoms with Gasteiger partial charge in [0.25, 0.3) is 0 Å². The van der Waals surface area contributed by atoms with E-state index in [1.165, 1.54) is 14.2 Å². The molecule has 0 fully saturated rings. The molecular formula is C21H29N3O4. The summed E-state index contributed by atoms with van der Waals surface area (Å²) in [6.45, 7) is 3.97. The van der Waals surface area contributed by atoms with Gasteiger partial charge in [0.05, 0.1) is 13.5 Å². The van der Waals surface area contributed by atoms with E-state index in [0.29, 0.717) is 12.8 Å². The summed E-state index contributed by atoms with van der Waals surface area (Å²) in [6, 6.07) is 7.07. The summed E-state index contributed by atoms with van der Waals surface area (Å²) in [5.74, 6) is -1.34. The molecule has 1 heterocycles. The summed E-state index contributed by atoms with van der Waals surface area (Å²) in [4.78, 5) is 40.1. The first-order valence-electron chi connectivity index (χ1n) is 9.49. The number of hydrogen-bond acceptors (Lipinski definition) is 4. The van der Waals surface area contributed by atoms with Crippen LogP contribution in [0.1, 0.15) is 32.3 Å². The average molecular weight is 387 g/mol. The Balaban J connectivity index is 2.18. The molecule has 1 aromatic carbocycles. The lowest BCUT2D eigenvalue weighted by molar-refractivity contribution is -0.144. The van der Waals surface area contributed by atoms with Gasteiger partial charge in [-0.3, -0.25) is 14.4 Å². The molecule has 28 heavy (non-hydrogen) atoms. The SMILES string of the molecule is CNC(=O)[C@H](Cc1c[nH]c2ccccc12)NC(=O)[C@H](CC(=O)OC)CC(C)C. The number of para-hydroxylation sites is 1. The fourth-order valence-electron chi connectivity index (χ4n) is 3.33. The molecule has 0 saturated carbocycles. The van der Waals surface area contributed by atoms with Crippen LogP contribution >= 0.6 is 0 Å². The Morgan fingerprint density at radius 3 is 2.50 bits per heavy atom.